The number of carboxylic acid groups (broad SMARTS) is 1. The molecule has 17 heavy (non-hydrogen) atoms. The van der Waals surface area contributed by atoms with Crippen LogP contribution in [0.1, 0.15) is 51.9 Å². The lowest BCUT2D eigenvalue weighted by Gasteiger charge is -2.05. The van der Waals surface area contributed by atoms with Gasteiger partial charge in [-0.05, 0) is 6.42 Å². The molecule has 0 rings (SSSR count). The van der Waals surface area contributed by atoms with E-state index < -0.39 is 11.9 Å². The van der Waals surface area contributed by atoms with Gasteiger partial charge in [0.2, 0.25) is 0 Å². The van der Waals surface area contributed by atoms with Crippen LogP contribution in [-0.2, 0) is 14.3 Å². The monoisotopic (exact) mass is 242 g/mol. The van der Waals surface area contributed by atoms with Gasteiger partial charge in [-0.25, -0.2) is 4.79 Å². The van der Waals surface area contributed by atoms with E-state index in [1.165, 1.54) is 19.3 Å². The van der Waals surface area contributed by atoms with Gasteiger partial charge in [0, 0.05) is 5.57 Å². The fourth-order valence-corrected chi connectivity index (χ4v) is 1.40. The predicted octanol–water partition coefficient (Wildman–Crippen LogP) is 2.92. The Morgan fingerprint density at radius 2 is 1.71 bits per heavy atom. The normalized spacial score (nSPS) is 9.94. The molecule has 0 radical (unpaired) electrons. The van der Waals surface area contributed by atoms with E-state index in [1.807, 2.05) is 0 Å². The smallest absolute Gasteiger partial charge is 0.333 e. The van der Waals surface area contributed by atoms with Gasteiger partial charge in [-0.15, -0.1) is 0 Å². The molecule has 0 heterocycles. The first-order valence-electron chi connectivity index (χ1n) is 6.14. The predicted molar refractivity (Wildman–Crippen MR) is 65.7 cm³/mol. The van der Waals surface area contributed by atoms with Gasteiger partial charge in [0.25, 0.3) is 0 Å². The average Bonchev–Trinajstić information content (AvgIpc) is 2.26. The van der Waals surface area contributed by atoms with Crippen LogP contribution < -0.4 is 0 Å². The van der Waals surface area contributed by atoms with Gasteiger partial charge in [0.05, 0.1) is 13.0 Å². The molecule has 0 aliphatic heterocycles. The molecule has 0 aromatic carbocycles. The van der Waals surface area contributed by atoms with Gasteiger partial charge in [-0.3, -0.25) is 4.79 Å². The van der Waals surface area contributed by atoms with Crippen LogP contribution in [0, 0.1) is 0 Å². The lowest BCUT2D eigenvalue weighted by molar-refractivity contribution is -0.142. The van der Waals surface area contributed by atoms with E-state index >= 15 is 0 Å². The van der Waals surface area contributed by atoms with Crippen LogP contribution >= 0.6 is 0 Å². The van der Waals surface area contributed by atoms with Gasteiger partial charge in [0.1, 0.15) is 0 Å². The zero-order valence-electron chi connectivity index (χ0n) is 10.5. The number of aliphatic carboxylic acids is 1. The molecule has 1 N–H and O–H groups in total. The molecule has 0 saturated carbocycles. The molecule has 0 aromatic rings. The summed E-state index contributed by atoms with van der Waals surface area (Å²) in [4.78, 5) is 21.6. The molecule has 0 bridgehead atoms. The van der Waals surface area contributed by atoms with Crippen molar-refractivity contribution in [1.82, 2.24) is 0 Å². The van der Waals surface area contributed by atoms with Crippen molar-refractivity contribution >= 4 is 11.9 Å². The topological polar surface area (TPSA) is 63.6 Å². The molecule has 0 unspecified atom stereocenters. The Bertz CT molecular complexity index is 258. The van der Waals surface area contributed by atoms with Crippen molar-refractivity contribution in [3.05, 3.63) is 12.2 Å². The van der Waals surface area contributed by atoms with E-state index in [1.54, 1.807) is 0 Å². The quantitative estimate of drug-likeness (QED) is 0.363. The molecule has 0 spiro atoms. The highest BCUT2D eigenvalue weighted by Gasteiger charge is 2.11. The first kappa shape index (κ1) is 15.7. The maximum atomic E-state index is 11.2. The zero-order valence-corrected chi connectivity index (χ0v) is 10.5. The number of rotatable bonds is 10. The highest BCUT2D eigenvalue weighted by atomic mass is 16.5. The Morgan fingerprint density at radius 3 is 2.29 bits per heavy atom. The highest BCUT2D eigenvalue weighted by molar-refractivity contribution is 5.92. The summed E-state index contributed by atoms with van der Waals surface area (Å²) in [6.45, 7) is 5.89. The standard InChI is InChI=1S/C13H22O4/c1-3-4-5-6-7-8-9-17-13(16)11(2)10-12(14)15/h2-10H2,1H3,(H,14,15). The second-order valence-corrected chi connectivity index (χ2v) is 4.08. The Kier molecular flexibility index (Phi) is 9.11. The molecule has 0 aromatic heterocycles. The molecular formula is C13H22O4. The molecule has 0 fully saturated rings. The van der Waals surface area contributed by atoms with Gasteiger partial charge in [-0.2, -0.15) is 0 Å². The van der Waals surface area contributed by atoms with Crippen LogP contribution in [0.4, 0.5) is 0 Å². The zero-order chi connectivity index (χ0) is 13.1. The van der Waals surface area contributed by atoms with Gasteiger partial charge in [0.15, 0.2) is 0 Å². The van der Waals surface area contributed by atoms with E-state index in [0.717, 1.165) is 19.3 Å². The summed E-state index contributed by atoms with van der Waals surface area (Å²) in [6, 6.07) is 0. The fraction of sp³-hybridized carbons (Fsp3) is 0.692. The number of esters is 1. The molecule has 0 aliphatic rings. The molecule has 0 saturated heterocycles. The van der Waals surface area contributed by atoms with Gasteiger partial charge >= 0.3 is 11.9 Å². The molecule has 4 heteroatoms. The van der Waals surface area contributed by atoms with Crippen LogP contribution in [0.5, 0.6) is 0 Å². The third kappa shape index (κ3) is 9.60. The largest absolute Gasteiger partial charge is 0.481 e. The second-order valence-electron chi connectivity index (χ2n) is 4.08. The molecule has 0 atom stereocenters. The Hall–Kier alpha value is -1.32. The lowest BCUT2D eigenvalue weighted by Crippen LogP contribution is -2.11. The molecule has 98 valence electrons. The van der Waals surface area contributed by atoms with E-state index in [2.05, 4.69) is 13.5 Å². The average molecular weight is 242 g/mol. The van der Waals surface area contributed by atoms with Crippen molar-refractivity contribution < 1.29 is 19.4 Å². The molecule has 4 nitrogen and oxygen atoms in total. The van der Waals surface area contributed by atoms with Crippen LogP contribution in [0.25, 0.3) is 0 Å². The molecular weight excluding hydrogens is 220 g/mol. The number of hydrogen-bond acceptors (Lipinski definition) is 3. The van der Waals surface area contributed by atoms with E-state index in [9.17, 15) is 9.59 Å². The SMILES string of the molecule is C=C(CC(=O)O)C(=O)OCCCCCCCC. The summed E-state index contributed by atoms with van der Waals surface area (Å²) < 4.78 is 4.91. The number of unbranched alkanes of at least 4 members (excludes halogenated alkanes) is 5. The fourth-order valence-electron chi connectivity index (χ4n) is 1.40. The number of hydrogen-bond donors (Lipinski definition) is 1. The number of carboxylic acids is 1. The minimum absolute atomic E-state index is 0.00322. The summed E-state index contributed by atoms with van der Waals surface area (Å²) >= 11 is 0. The Labute approximate surface area is 103 Å². The van der Waals surface area contributed by atoms with Crippen molar-refractivity contribution in [3.63, 3.8) is 0 Å². The Balaban J connectivity index is 3.45. The summed E-state index contributed by atoms with van der Waals surface area (Å²) in [5.74, 6) is -1.66. The van der Waals surface area contributed by atoms with Crippen molar-refractivity contribution in [2.24, 2.45) is 0 Å². The van der Waals surface area contributed by atoms with Gasteiger partial charge < -0.3 is 9.84 Å². The van der Waals surface area contributed by atoms with Crippen molar-refractivity contribution in [2.75, 3.05) is 6.61 Å². The number of carbonyl (C=O) groups is 2. The van der Waals surface area contributed by atoms with Crippen molar-refractivity contribution in [3.8, 4) is 0 Å². The number of ether oxygens (including phenoxy) is 1. The highest BCUT2D eigenvalue weighted by Crippen LogP contribution is 2.06. The Morgan fingerprint density at radius 1 is 1.12 bits per heavy atom. The van der Waals surface area contributed by atoms with Crippen LogP contribution in [0.2, 0.25) is 0 Å². The minimum Gasteiger partial charge on any atom is -0.481 e. The van der Waals surface area contributed by atoms with Crippen LogP contribution in [0.3, 0.4) is 0 Å². The summed E-state index contributed by atoms with van der Waals surface area (Å²) in [5.41, 5.74) is 0.00322. The third-order valence-electron chi connectivity index (χ3n) is 2.38. The first-order valence-corrected chi connectivity index (χ1v) is 6.14. The lowest BCUT2D eigenvalue weighted by atomic mass is 10.1. The second kappa shape index (κ2) is 9.87. The third-order valence-corrected chi connectivity index (χ3v) is 2.38. The van der Waals surface area contributed by atoms with Gasteiger partial charge in [-0.1, -0.05) is 45.6 Å². The maximum absolute atomic E-state index is 11.2. The van der Waals surface area contributed by atoms with Crippen molar-refractivity contribution in [1.29, 1.82) is 0 Å². The molecule has 0 amide bonds. The summed E-state index contributed by atoms with van der Waals surface area (Å²) in [5, 5.41) is 8.46. The minimum atomic E-state index is -1.06. The van der Waals surface area contributed by atoms with Crippen LogP contribution in [-0.4, -0.2) is 23.7 Å². The summed E-state index contributed by atoms with van der Waals surface area (Å²) in [7, 11) is 0. The van der Waals surface area contributed by atoms with E-state index in [0.29, 0.717) is 6.61 Å². The summed E-state index contributed by atoms with van der Waals surface area (Å²) in [6.07, 6.45) is 6.35. The first-order chi connectivity index (χ1) is 8.07. The van der Waals surface area contributed by atoms with E-state index in [-0.39, 0.29) is 12.0 Å². The maximum Gasteiger partial charge on any atom is 0.333 e. The number of carbonyl (C=O) groups excluding carboxylic acids is 1. The van der Waals surface area contributed by atoms with Crippen molar-refractivity contribution in [2.45, 2.75) is 51.9 Å². The van der Waals surface area contributed by atoms with E-state index in [4.69, 9.17) is 9.84 Å². The molecule has 0 aliphatic carbocycles. The van der Waals surface area contributed by atoms with Crippen LogP contribution in [0.15, 0.2) is 12.2 Å².